The summed E-state index contributed by atoms with van der Waals surface area (Å²) < 4.78 is 0. The van der Waals surface area contributed by atoms with Crippen molar-refractivity contribution in [2.45, 2.75) is 112 Å². The van der Waals surface area contributed by atoms with E-state index < -0.39 is 0 Å². The predicted octanol–water partition coefficient (Wildman–Crippen LogP) is 8.48. The lowest BCUT2D eigenvalue weighted by Crippen LogP contribution is -2.43. The van der Waals surface area contributed by atoms with Crippen molar-refractivity contribution in [3.63, 3.8) is 0 Å². The SMILES string of the molecule is CC(C)CCCCC1CC=C2C3=C(CCC21C)C1(C)CCCC(C)C1CC3. The van der Waals surface area contributed by atoms with E-state index in [0.29, 0.717) is 10.8 Å². The van der Waals surface area contributed by atoms with Crippen molar-refractivity contribution in [1.29, 1.82) is 0 Å². The van der Waals surface area contributed by atoms with Crippen LogP contribution in [0.15, 0.2) is 22.8 Å². The molecule has 5 unspecified atom stereocenters. The van der Waals surface area contributed by atoms with Crippen LogP contribution in [0.5, 0.6) is 0 Å². The molecule has 4 rings (SSSR count). The Bertz CT molecular complexity index is 620. The third kappa shape index (κ3) is 3.28. The first kappa shape index (κ1) is 19.8. The third-order valence-corrected chi connectivity index (χ3v) is 9.55. The van der Waals surface area contributed by atoms with Gasteiger partial charge in [-0.2, -0.15) is 0 Å². The van der Waals surface area contributed by atoms with E-state index in [1.165, 1.54) is 77.0 Å². The summed E-state index contributed by atoms with van der Waals surface area (Å²) >= 11 is 0. The first-order valence-electron chi connectivity index (χ1n) is 12.3. The molecule has 5 atom stereocenters. The molecular formula is C27H44. The highest BCUT2D eigenvalue weighted by Gasteiger charge is 2.52. The predicted molar refractivity (Wildman–Crippen MR) is 118 cm³/mol. The molecule has 0 nitrogen and oxygen atoms in total. The van der Waals surface area contributed by atoms with Gasteiger partial charge in [0, 0.05) is 0 Å². The maximum atomic E-state index is 2.71. The molecule has 0 aliphatic heterocycles. The quantitative estimate of drug-likeness (QED) is 0.427. The van der Waals surface area contributed by atoms with Crippen molar-refractivity contribution in [3.8, 4) is 0 Å². The molecule has 0 heterocycles. The molecule has 1 saturated carbocycles. The van der Waals surface area contributed by atoms with E-state index >= 15 is 0 Å². The van der Waals surface area contributed by atoms with Crippen molar-refractivity contribution in [2.75, 3.05) is 0 Å². The third-order valence-electron chi connectivity index (χ3n) is 9.55. The van der Waals surface area contributed by atoms with Gasteiger partial charge < -0.3 is 0 Å². The highest BCUT2D eigenvalue weighted by Crippen LogP contribution is 2.64. The molecule has 0 saturated heterocycles. The van der Waals surface area contributed by atoms with Crippen molar-refractivity contribution < 1.29 is 0 Å². The monoisotopic (exact) mass is 368 g/mol. The molecule has 0 N–H and O–H groups in total. The fraction of sp³-hybridized carbons (Fsp3) is 0.852. The minimum atomic E-state index is 0.500. The van der Waals surface area contributed by atoms with E-state index in [2.05, 4.69) is 40.7 Å². The zero-order chi connectivity index (χ0) is 19.2. The van der Waals surface area contributed by atoms with Gasteiger partial charge in [-0.05, 0) is 90.6 Å². The van der Waals surface area contributed by atoms with Gasteiger partial charge in [-0.3, -0.25) is 0 Å². The highest BCUT2D eigenvalue weighted by molar-refractivity contribution is 5.49. The summed E-state index contributed by atoms with van der Waals surface area (Å²) in [5.74, 6) is 3.69. The number of allylic oxidation sites excluding steroid dienone is 4. The van der Waals surface area contributed by atoms with Crippen LogP contribution in [0.4, 0.5) is 0 Å². The smallest absolute Gasteiger partial charge is 0.00415 e. The molecule has 152 valence electrons. The summed E-state index contributed by atoms with van der Waals surface area (Å²) in [7, 11) is 0. The van der Waals surface area contributed by atoms with Gasteiger partial charge in [0.15, 0.2) is 0 Å². The molecular weight excluding hydrogens is 324 g/mol. The zero-order valence-corrected chi connectivity index (χ0v) is 18.9. The summed E-state index contributed by atoms with van der Waals surface area (Å²) in [6.45, 7) is 12.6. The maximum absolute atomic E-state index is 2.71. The standard InChI is InChI=1S/C27H44/c1-19(2)9-6-7-11-21-12-14-24-22-13-15-23-20(3)10-8-17-27(23,5)25(22)16-18-26(21,24)4/h14,19-21,23H,6-13,15-18H2,1-5H3. The molecule has 0 radical (unpaired) electrons. The van der Waals surface area contributed by atoms with E-state index in [-0.39, 0.29) is 0 Å². The number of rotatable bonds is 5. The van der Waals surface area contributed by atoms with Gasteiger partial charge in [0.2, 0.25) is 0 Å². The average Bonchev–Trinajstić information content (AvgIpc) is 2.95. The second kappa shape index (κ2) is 7.38. The van der Waals surface area contributed by atoms with Crippen LogP contribution in [-0.2, 0) is 0 Å². The first-order valence-corrected chi connectivity index (χ1v) is 12.3. The lowest BCUT2D eigenvalue weighted by atomic mass is 9.50. The fourth-order valence-corrected chi connectivity index (χ4v) is 7.86. The summed E-state index contributed by atoms with van der Waals surface area (Å²) in [6.07, 6.45) is 19.9. The van der Waals surface area contributed by atoms with Crippen LogP contribution in [0, 0.1) is 34.5 Å². The van der Waals surface area contributed by atoms with Crippen molar-refractivity contribution in [3.05, 3.63) is 22.8 Å². The van der Waals surface area contributed by atoms with E-state index in [4.69, 9.17) is 0 Å². The number of hydrogen-bond acceptors (Lipinski definition) is 0. The number of hydrogen-bond donors (Lipinski definition) is 0. The normalized spacial score (nSPS) is 41.3. The van der Waals surface area contributed by atoms with Crippen molar-refractivity contribution in [2.24, 2.45) is 34.5 Å². The van der Waals surface area contributed by atoms with E-state index in [9.17, 15) is 0 Å². The second-order valence-corrected chi connectivity index (χ2v) is 11.5. The molecule has 0 aromatic heterocycles. The molecule has 4 aliphatic rings. The lowest BCUT2D eigenvalue weighted by molar-refractivity contribution is 0.0698. The molecule has 0 spiro atoms. The Balaban J connectivity index is 1.52. The largest absolute Gasteiger partial charge is 0.0802 e. The molecule has 27 heavy (non-hydrogen) atoms. The van der Waals surface area contributed by atoms with E-state index in [1.807, 2.05) is 16.7 Å². The molecule has 0 aromatic carbocycles. The second-order valence-electron chi connectivity index (χ2n) is 11.5. The molecule has 0 aromatic rings. The maximum Gasteiger partial charge on any atom is -0.00415 e. The first-order chi connectivity index (χ1) is 12.9. The van der Waals surface area contributed by atoms with Gasteiger partial charge >= 0.3 is 0 Å². The van der Waals surface area contributed by atoms with E-state index in [0.717, 1.165) is 23.7 Å². The Hall–Kier alpha value is -0.520. The van der Waals surface area contributed by atoms with Gasteiger partial charge in [-0.1, -0.05) is 78.4 Å². The topological polar surface area (TPSA) is 0 Å². The average molecular weight is 369 g/mol. The summed E-state index contributed by atoms with van der Waals surface area (Å²) in [5, 5.41) is 0. The van der Waals surface area contributed by atoms with Crippen LogP contribution in [0.3, 0.4) is 0 Å². The molecule has 0 heteroatoms. The van der Waals surface area contributed by atoms with Crippen LogP contribution in [-0.4, -0.2) is 0 Å². The highest BCUT2D eigenvalue weighted by atomic mass is 14.6. The molecule has 4 aliphatic carbocycles. The van der Waals surface area contributed by atoms with Gasteiger partial charge in [0.1, 0.15) is 0 Å². The Kier molecular flexibility index (Phi) is 5.41. The Labute approximate surface area is 169 Å². The van der Waals surface area contributed by atoms with Gasteiger partial charge in [0.05, 0.1) is 0 Å². The zero-order valence-electron chi connectivity index (χ0n) is 18.9. The Morgan fingerprint density at radius 3 is 2.63 bits per heavy atom. The van der Waals surface area contributed by atoms with Crippen molar-refractivity contribution >= 4 is 0 Å². The van der Waals surface area contributed by atoms with Gasteiger partial charge in [-0.15, -0.1) is 0 Å². The Morgan fingerprint density at radius 2 is 1.85 bits per heavy atom. The minimum Gasteiger partial charge on any atom is -0.0802 e. The van der Waals surface area contributed by atoms with Crippen LogP contribution < -0.4 is 0 Å². The van der Waals surface area contributed by atoms with Crippen molar-refractivity contribution in [1.82, 2.24) is 0 Å². The molecule has 0 bridgehead atoms. The Morgan fingerprint density at radius 1 is 1.04 bits per heavy atom. The number of unbranched alkanes of at least 4 members (excludes halogenated alkanes) is 1. The molecule has 1 fully saturated rings. The van der Waals surface area contributed by atoms with Crippen LogP contribution in [0.1, 0.15) is 112 Å². The van der Waals surface area contributed by atoms with Crippen LogP contribution in [0.25, 0.3) is 0 Å². The van der Waals surface area contributed by atoms with Crippen LogP contribution in [0.2, 0.25) is 0 Å². The summed E-state index contributed by atoms with van der Waals surface area (Å²) in [5.41, 5.74) is 6.65. The van der Waals surface area contributed by atoms with Gasteiger partial charge in [-0.25, -0.2) is 0 Å². The minimum absolute atomic E-state index is 0.500. The van der Waals surface area contributed by atoms with Gasteiger partial charge in [0.25, 0.3) is 0 Å². The lowest BCUT2D eigenvalue weighted by Gasteiger charge is -2.54. The summed E-state index contributed by atoms with van der Waals surface area (Å²) in [4.78, 5) is 0. The fourth-order valence-electron chi connectivity index (χ4n) is 7.86. The molecule has 0 amide bonds. The van der Waals surface area contributed by atoms with E-state index in [1.54, 1.807) is 0 Å². The summed E-state index contributed by atoms with van der Waals surface area (Å²) in [6, 6.07) is 0. The number of fused-ring (bicyclic) bond motifs is 4. The van der Waals surface area contributed by atoms with Crippen LogP contribution >= 0.6 is 0 Å².